The minimum absolute atomic E-state index is 0.0530. The van der Waals surface area contributed by atoms with Crippen LogP contribution in [-0.2, 0) is 15.7 Å². The van der Waals surface area contributed by atoms with Gasteiger partial charge in [0, 0.05) is 21.1 Å². The molecule has 0 aliphatic rings. The van der Waals surface area contributed by atoms with E-state index in [9.17, 15) is 22.8 Å². The molecule has 1 amide bonds. The highest BCUT2D eigenvalue weighted by molar-refractivity contribution is 9.10. The minimum atomic E-state index is -4.54. The zero-order valence-corrected chi connectivity index (χ0v) is 19.0. The number of benzene rings is 3. The van der Waals surface area contributed by atoms with Gasteiger partial charge in [0.15, 0.2) is 6.61 Å². The van der Waals surface area contributed by atoms with Gasteiger partial charge in [0.05, 0.1) is 22.3 Å². The monoisotopic (exact) mass is 528 g/mol. The van der Waals surface area contributed by atoms with Crippen LogP contribution in [0.15, 0.2) is 83.3 Å². The fourth-order valence-electron chi connectivity index (χ4n) is 3.29. The average Bonchev–Trinajstić information content (AvgIpc) is 2.82. The molecule has 0 fully saturated rings. The summed E-state index contributed by atoms with van der Waals surface area (Å²) in [5.74, 6) is -1.52. The Balaban J connectivity index is 1.53. The Bertz CT molecular complexity index is 1370. The van der Waals surface area contributed by atoms with Gasteiger partial charge in [-0.25, -0.2) is 9.78 Å². The molecule has 4 rings (SSSR count). The lowest BCUT2D eigenvalue weighted by atomic mass is 10.0. The summed E-state index contributed by atoms with van der Waals surface area (Å²) in [7, 11) is 0. The molecule has 0 bridgehead atoms. The lowest BCUT2D eigenvalue weighted by molar-refractivity contribution is -0.137. The van der Waals surface area contributed by atoms with E-state index < -0.39 is 30.2 Å². The quantitative estimate of drug-likeness (QED) is 0.301. The predicted molar refractivity (Wildman–Crippen MR) is 125 cm³/mol. The first-order valence-corrected chi connectivity index (χ1v) is 10.8. The van der Waals surface area contributed by atoms with E-state index in [-0.39, 0.29) is 11.3 Å². The van der Waals surface area contributed by atoms with Crippen LogP contribution in [0.5, 0.6) is 0 Å². The SMILES string of the molecule is O=C(COC(=O)c1cc(-c2ccc(Br)cc2)nc2ccccc12)Nc1cccc(C(F)(F)F)c1. The number of carbonyl (C=O) groups excluding carboxylic acids is 2. The number of hydrogen-bond donors (Lipinski definition) is 1. The number of nitrogens with zero attached hydrogens (tertiary/aromatic N) is 1. The van der Waals surface area contributed by atoms with Crippen LogP contribution in [0.25, 0.3) is 22.2 Å². The van der Waals surface area contributed by atoms with Gasteiger partial charge in [0.2, 0.25) is 0 Å². The number of anilines is 1. The van der Waals surface area contributed by atoms with E-state index in [0.717, 1.165) is 22.2 Å². The number of para-hydroxylation sites is 1. The van der Waals surface area contributed by atoms with Crippen molar-refractivity contribution in [2.45, 2.75) is 6.18 Å². The van der Waals surface area contributed by atoms with Crippen LogP contribution in [0.4, 0.5) is 18.9 Å². The Morgan fingerprint density at radius 1 is 0.941 bits per heavy atom. The van der Waals surface area contributed by atoms with Crippen LogP contribution in [0, 0.1) is 0 Å². The zero-order valence-electron chi connectivity index (χ0n) is 17.4. The molecule has 0 atom stereocenters. The van der Waals surface area contributed by atoms with Gasteiger partial charge in [-0.2, -0.15) is 13.2 Å². The number of carbonyl (C=O) groups is 2. The molecule has 0 spiro atoms. The van der Waals surface area contributed by atoms with Crippen molar-refractivity contribution < 1.29 is 27.5 Å². The maximum atomic E-state index is 12.9. The summed E-state index contributed by atoms with van der Waals surface area (Å²) < 4.78 is 44.6. The van der Waals surface area contributed by atoms with Gasteiger partial charge in [-0.3, -0.25) is 4.79 Å². The van der Waals surface area contributed by atoms with E-state index in [1.807, 2.05) is 24.3 Å². The fraction of sp³-hybridized carbons (Fsp3) is 0.0800. The second kappa shape index (κ2) is 9.64. The predicted octanol–water partition coefficient (Wildman–Crippen LogP) is 6.48. The number of hydrogen-bond acceptors (Lipinski definition) is 4. The number of amides is 1. The highest BCUT2D eigenvalue weighted by atomic mass is 79.9. The van der Waals surface area contributed by atoms with Gasteiger partial charge in [-0.05, 0) is 42.5 Å². The number of aromatic nitrogens is 1. The van der Waals surface area contributed by atoms with Crippen molar-refractivity contribution in [2.75, 3.05) is 11.9 Å². The zero-order chi connectivity index (χ0) is 24.3. The molecule has 0 saturated carbocycles. The Hall–Kier alpha value is -3.72. The van der Waals surface area contributed by atoms with Crippen molar-refractivity contribution in [3.8, 4) is 11.3 Å². The van der Waals surface area contributed by atoms with Gasteiger partial charge in [0.25, 0.3) is 5.91 Å². The number of halogens is 4. The van der Waals surface area contributed by atoms with Crippen molar-refractivity contribution in [1.82, 2.24) is 4.98 Å². The Labute approximate surface area is 200 Å². The summed E-state index contributed by atoms with van der Waals surface area (Å²) in [5.41, 5.74) is 1.17. The lowest BCUT2D eigenvalue weighted by Gasteiger charge is -2.11. The van der Waals surface area contributed by atoms with Crippen LogP contribution < -0.4 is 5.32 Å². The Kier molecular flexibility index (Phi) is 6.65. The standard InChI is InChI=1S/C25H16BrF3N2O3/c26-17-10-8-15(9-11-17)22-13-20(19-6-1-2-7-21(19)31-22)24(33)34-14-23(32)30-18-5-3-4-16(12-18)25(27,28)29/h1-13H,14H2,(H,30,32). The third-order valence-corrected chi connectivity index (χ3v) is 5.41. The number of esters is 1. The number of rotatable bonds is 5. The number of pyridine rings is 1. The average molecular weight is 529 g/mol. The maximum Gasteiger partial charge on any atom is 0.416 e. The summed E-state index contributed by atoms with van der Waals surface area (Å²) in [5, 5.41) is 2.86. The van der Waals surface area contributed by atoms with Crippen LogP contribution in [0.1, 0.15) is 15.9 Å². The number of ether oxygens (including phenoxy) is 1. The molecular formula is C25H16BrF3N2O3. The number of alkyl halides is 3. The fourth-order valence-corrected chi connectivity index (χ4v) is 3.56. The van der Waals surface area contributed by atoms with Crippen LogP contribution in [-0.4, -0.2) is 23.5 Å². The first kappa shape index (κ1) is 23.4. The molecule has 3 aromatic carbocycles. The summed E-state index contributed by atoms with van der Waals surface area (Å²) in [4.78, 5) is 29.7. The molecule has 172 valence electrons. The van der Waals surface area contributed by atoms with E-state index >= 15 is 0 Å². The lowest BCUT2D eigenvalue weighted by Crippen LogP contribution is -2.21. The molecule has 4 aromatic rings. The van der Waals surface area contributed by atoms with Crippen LogP contribution >= 0.6 is 15.9 Å². The molecule has 0 radical (unpaired) electrons. The molecule has 0 unspecified atom stereocenters. The molecule has 34 heavy (non-hydrogen) atoms. The van der Waals surface area contributed by atoms with Gasteiger partial charge < -0.3 is 10.1 Å². The van der Waals surface area contributed by atoms with Gasteiger partial charge in [-0.15, -0.1) is 0 Å². The summed E-state index contributed by atoms with van der Waals surface area (Å²) in [6.07, 6.45) is -4.54. The van der Waals surface area contributed by atoms with Gasteiger partial charge in [-0.1, -0.05) is 52.3 Å². The normalized spacial score (nSPS) is 11.3. The van der Waals surface area contributed by atoms with Crippen molar-refractivity contribution in [3.63, 3.8) is 0 Å². The second-order valence-corrected chi connectivity index (χ2v) is 8.20. The molecule has 0 aliphatic carbocycles. The van der Waals surface area contributed by atoms with E-state index in [1.54, 1.807) is 30.3 Å². The van der Waals surface area contributed by atoms with Crippen molar-refractivity contribution in [1.29, 1.82) is 0 Å². The smallest absolute Gasteiger partial charge is 0.416 e. The van der Waals surface area contributed by atoms with E-state index in [1.165, 1.54) is 12.1 Å². The summed E-state index contributed by atoms with van der Waals surface area (Å²) >= 11 is 3.38. The Morgan fingerprint density at radius 3 is 2.41 bits per heavy atom. The summed E-state index contributed by atoms with van der Waals surface area (Å²) in [6, 6.07) is 20.2. The molecule has 1 heterocycles. The molecule has 1 aromatic heterocycles. The summed E-state index contributed by atoms with van der Waals surface area (Å²) in [6.45, 7) is -0.667. The second-order valence-electron chi connectivity index (χ2n) is 7.28. The van der Waals surface area contributed by atoms with Gasteiger partial charge >= 0.3 is 12.1 Å². The highest BCUT2D eigenvalue weighted by Gasteiger charge is 2.30. The number of fused-ring (bicyclic) bond motifs is 1. The Morgan fingerprint density at radius 2 is 1.68 bits per heavy atom. The minimum Gasteiger partial charge on any atom is -0.452 e. The molecule has 0 saturated heterocycles. The van der Waals surface area contributed by atoms with E-state index in [0.29, 0.717) is 16.6 Å². The number of nitrogens with one attached hydrogen (secondary N) is 1. The van der Waals surface area contributed by atoms with Crippen molar-refractivity contribution >= 4 is 44.4 Å². The topological polar surface area (TPSA) is 68.3 Å². The maximum absolute atomic E-state index is 12.9. The van der Waals surface area contributed by atoms with Crippen LogP contribution in [0.2, 0.25) is 0 Å². The largest absolute Gasteiger partial charge is 0.452 e. The molecule has 1 N–H and O–H groups in total. The third-order valence-electron chi connectivity index (χ3n) is 4.88. The molecular weight excluding hydrogens is 513 g/mol. The van der Waals surface area contributed by atoms with E-state index in [2.05, 4.69) is 26.2 Å². The molecule has 5 nitrogen and oxygen atoms in total. The molecule has 0 aliphatic heterocycles. The van der Waals surface area contributed by atoms with Crippen molar-refractivity contribution in [3.05, 3.63) is 94.5 Å². The van der Waals surface area contributed by atoms with Gasteiger partial charge in [0.1, 0.15) is 0 Å². The first-order chi connectivity index (χ1) is 16.2. The highest BCUT2D eigenvalue weighted by Crippen LogP contribution is 2.31. The van der Waals surface area contributed by atoms with Crippen molar-refractivity contribution in [2.24, 2.45) is 0 Å². The van der Waals surface area contributed by atoms with Crippen LogP contribution in [0.3, 0.4) is 0 Å². The third kappa shape index (κ3) is 5.43. The first-order valence-electron chi connectivity index (χ1n) is 10.0. The van der Waals surface area contributed by atoms with E-state index in [4.69, 9.17) is 4.74 Å². The molecule has 9 heteroatoms.